The molecule has 3 nitrogen and oxygen atoms in total. The van der Waals surface area contributed by atoms with E-state index in [4.69, 9.17) is 0 Å². The van der Waals surface area contributed by atoms with Crippen molar-refractivity contribution in [2.24, 2.45) is 5.92 Å². The first-order chi connectivity index (χ1) is 8.51. The molecule has 3 atom stereocenters. The van der Waals surface area contributed by atoms with Crippen LogP contribution in [-0.2, 0) is 4.79 Å². The molecule has 3 heteroatoms. The smallest absolute Gasteiger partial charge is 0.324 e. The molecular formula is C15H29NO2. The van der Waals surface area contributed by atoms with Gasteiger partial charge in [-0.05, 0) is 44.6 Å². The third-order valence-corrected chi connectivity index (χ3v) is 4.81. The minimum atomic E-state index is -0.620. The van der Waals surface area contributed by atoms with Crippen molar-refractivity contribution in [3.8, 4) is 0 Å². The Bertz CT molecular complexity index is 280. The largest absolute Gasteiger partial charge is 0.480 e. The van der Waals surface area contributed by atoms with Crippen molar-refractivity contribution in [3.63, 3.8) is 0 Å². The molecule has 0 amide bonds. The molecule has 1 aliphatic rings. The summed E-state index contributed by atoms with van der Waals surface area (Å²) < 4.78 is 0. The fraction of sp³-hybridized carbons (Fsp3) is 0.933. The molecule has 1 fully saturated rings. The lowest BCUT2D eigenvalue weighted by atomic mass is 9.89. The molecular weight excluding hydrogens is 226 g/mol. The lowest BCUT2D eigenvalue weighted by molar-refractivity contribution is -0.151. The number of likely N-dealkylation sites (tertiary alicyclic amines) is 1. The Morgan fingerprint density at radius 3 is 2.44 bits per heavy atom. The highest BCUT2D eigenvalue weighted by molar-refractivity contribution is 5.79. The van der Waals surface area contributed by atoms with Gasteiger partial charge in [0, 0.05) is 6.04 Å². The predicted molar refractivity (Wildman–Crippen MR) is 74.7 cm³/mol. The Balaban J connectivity index is 2.86. The van der Waals surface area contributed by atoms with Crippen LogP contribution >= 0.6 is 0 Å². The maximum Gasteiger partial charge on any atom is 0.324 e. The van der Waals surface area contributed by atoms with Gasteiger partial charge in [-0.1, -0.05) is 34.1 Å². The summed E-state index contributed by atoms with van der Waals surface area (Å²) in [5.41, 5.74) is -0.589. The van der Waals surface area contributed by atoms with Gasteiger partial charge in [0.05, 0.1) is 0 Å². The normalized spacial score (nSPS) is 28.2. The van der Waals surface area contributed by atoms with Crippen LogP contribution in [0.4, 0.5) is 0 Å². The number of rotatable bonds is 7. The Morgan fingerprint density at radius 1 is 1.33 bits per heavy atom. The van der Waals surface area contributed by atoms with Crippen molar-refractivity contribution in [2.75, 3.05) is 6.54 Å². The monoisotopic (exact) mass is 255 g/mol. The Hall–Kier alpha value is -0.570. The summed E-state index contributed by atoms with van der Waals surface area (Å²) in [6.07, 6.45) is 5.92. The number of carboxylic acids is 1. The maximum absolute atomic E-state index is 11.7. The van der Waals surface area contributed by atoms with Crippen molar-refractivity contribution in [1.82, 2.24) is 4.90 Å². The SMILES string of the molecule is CCC(C)CC(CC)N1CCCC1(CC)C(=O)O. The van der Waals surface area contributed by atoms with Crippen molar-refractivity contribution in [3.05, 3.63) is 0 Å². The number of hydrogen-bond donors (Lipinski definition) is 1. The molecule has 1 N–H and O–H groups in total. The second kappa shape index (κ2) is 6.55. The van der Waals surface area contributed by atoms with E-state index < -0.39 is 11.5 Å². The second-order valence-corrected chi connectivity index (χ2v) is 5.80. The Kier molecular flexibility index (Phi) is 5.64. The number of aliphatic carboxylic acids is 1. The second-order valence-electron chi connectivity index (χ2n) is 5.80. The molecule has 0 aromatic carbocycles. The molecule has 0 saturated carbocycles. The van der Waals surface area contributed by atoms with Crippen molar-refractivity contribution >= 4 is 5.97 Å². The van der Waals surface area contributed by atoms with E-state index >= 15 is 0 Å². The van der Waals surface area contributed by atoms with Crippen LogP contribution in [0.2, 0.25) is 0 Å². The number of carboxylic acid groups (broad SMARTS) is 1. The molecule has 0 aromatic rings. The summed E-state index contributed by atoms with van der Waals surface area (Å²) in [4.78, 5) is 14.0. The van der Waals surface area contributed by atoms with Crippen LogP contribution in [0, 0.1) is 5.92 Å². The molecule has 1 rings (SSSR count). The summed E-state index contributed by atoms with van der Waals surface area (Å²) in [5, 5.41) is 9.63. The van der Waals surface area contributed by atoms with E-state index in [0.29, 0.717) is 12.0 Å². The maximum atomic E-state index is 11.7. The average molecular weight is 255 g/mol. The van der Waals surface area contributed by atoms with Crippen molar-refractivity contribution < 1.29 is 9.90 Å². The quantitative estimate of drug-likeness (QED) is 0.756. The van der Waals surface area contributed by atoms with Crippen molar-refractivity contribution in [2.45, 2.75) is 77.8 Å². The fourth-order valence-corrected chi connectivity index (χ4v) is 3.34. The van der Waals surface area contributed by atoms with E-state index in [1.54, 1.807) is 0 Å². The van der Waals surface area contributed by atoms with Crippen LogP contribution in [0.3, 0.4) is 0 Å². The van der Waals surface area contributed by atoms with Gasteiger partial charge in [-0.25, -0.2) is 0 Å². The minimum absolute atomic E-state index is 0.429. The minimum Gasteiger partial charge on any atom is -0.480 e. The van der Waals surface area contributed by atoms with Gasteiger partial charge in [0.1, 0.15) is 5.54 Å². The summed E-state index contributed by atoms with van der Waals surface area (Å²) in [5.74, 6) is 0.0593. The standard InChI is InChI=1S/C15H29NO2/c1-5-12(4)11-13(6-2)16-10-8-9-15(16,7-3)14(17)18/h12-13H,5-11H2,1-4H3,(H,17,18). The van der Waals surface area contributed by atoms with Gasteiger partial charge in [-0.15, -0.1) is 0 Å². The molecule has 0 spiro atoms. The number of carbonyl (C=O) groups is 1. The number of nitrogens with zero attached hydrogens (tertiary/aromatic N) is 1. The zero-order chi connectivity index (χ0) is 13.8. The van der Waals surface area contributed by atoms with Gasteiger partial charge in [-0.3, -0.25) is 9.69 Å². The van der Waals surface area contributed by atoms with Gasteiger partial charge < -0.3 is 5.11 Å². The van der Waals surface area contributed by atoms with E-state index in [-0.39, 0.29) is 0 Å². The van der Waals surface area contributed by atoms with Crippen LogP contribution in [-0.4, -0.2) is 34.1 Å². The van der Waals surface area contributed by atoms with E-state index in [2.05, 4.69) is 25.7 Å². The summed E-state index contributed by atoms with van der Waals surface area (Å²) in [6, 6.07) is 0.429. The fourth-order valence-electron chi connectivity index (χ4n) is 3.34. The topological polar surface area (TPSA) is 40.5 Å². The molecule has 0 aliphatic carbocycles. The summed E-state index contributed by atoms with van der Waals surface area (Å²) >= 11 is 0. The van der Waals surface area contributed by atoms with Gasteiger partial charge in [0.25, 0.3) is 0 Å². The first kappa shape index (κ1) is 15.5. The highest BCUT2D eigenvalue weighted by Gasteiger charge is 2.48. The first-order valence-electron chi connectivity index (χ1n) is 7.51. The highest BCUT2D eigenvalue weighted by atomic mass is 16.4. The number of hydrogen-bond acceptors (Lipinski definition) is 2. The zero-order valence-electron chi connectivity index (χ0n) is 12.4. The summed E-state index contributed by atoms with van der Waals surface area (Å²) in [7, 11) is 0. The van der Waals surface area contributed by atoms with E-state index in [0.717, 1.165) is 38.6 Å². The third-order valence-electron chi connectivity index (χ3n) is 4.81. The average Bonchev–Trinajstić information content (AvgIpc) is 2.80. The van der Waals surface area contributed by atoms with Crippen molar-refractivity contribution in [1.29, 1.82) is 0 Å². The van der Waals surface area contributed by atoms with Gasteiger partial charge >= 0.3 is 5.97 Å². The molecule has 0 aromatic heterocycles. The van der Waals surface area contributed by atoms with Gasteiger partial charge in [0.15, 0.2) is 0 Å². The highest BCUT2D eigenvalue weighted by Crippen LogP contribution is 2.37. The van der Waals surface area contributed by atoms with Gasteiger partial charge in [-0.2, -0.15) is 0 Å². The summed E-state index contributed by atoms with van der Waals surface area (Å²) in [6.45, 7) is 9.64. The van der Waals surface area contributed by atoms with Crippen LogP contribution in [0.1, 0.15) is 66.2 Å². The molecule has 18 heavy (non-hydrogen) atoms. The lowest BCUT2D eigenvalue weighted by Gasteiger charge is -2.40. The van der Waals surface area contributed by atoms with Crippen LogP contribution in [0.25, 0.3) is 0 Å². The molecule has 0 bridgehead atoms. The predicted octanol–water partition coefficient (Wildman–Crippen LogP) is 3.53. The molecule has 1 aliphatic heterocycles. The van der Waals surface area contributed by atoms with Gasteiger partial charge in [0.2, 0.25) is 0 Å². The van der Waals surface area contributed by atoms with Crippen LogP contribution < -0.4 is 0 Å². The molecule has 106 valence electrons. The third kappa shape index (κ3) is 2.87. The van der Waals surface area contributed by atoms with Crippen LogP contribution in [0.5, 0.6) is 0 Å². The Morgan fingerprint density at radius 2 is 2.00 bits per heavy atom. The molecule has 3 unspecified atom stereocenters. The van der Waals surface area contributed by atoms with E-state index in [1.165, 1.54) is 6.42 Å². The molecule has 1 heterocycles. The zero-order valence-corrected chi connectivity index (χ0v) is 12.4. The van der Waals surface area contributed by atoms with Crippen LogP contribution in [0.15, 0.2) is 0 Å². The van der Waals surface area contributed by atoms with E-state index in [9.17, 15) is 9.90 Å². The lowest BCUT2D eigenvalue weighted by Crippen LogP contribution is -2.54. The first-order valence-corrected chi connectivity index (χ1v) is 7.51. The van der Waals surface area contributed by atoms with E-state index in [1.807, 2.05) is 6.92 Å². The molecule has 1 saturated heterocycles. The molecule has 0 radical (unpaired) electrons. The Labute approximate surface area is 112 Å².